The quantitative estimate of drug-likeness (QED) is 0.739. The van der Waals surface area contributed by atoms with Gasteiger partial charge in [0.1, 0.15) is 12.1 Å². The van der Waals surface area contributed by atoms with Crippen molar-refractivity contribution in [2.45, 2.75) is 20.3 Å². The van der Waals surface area contributed by atoms with Crippen molar-refractivity contribution in [1.29, 1.82) is 0 Å². The van der Waals surface area contributed by atoms with Crippen molar-refractivity contribution in [1.82, 2.24) is 14.9 Å². The average molecular weight is 208 g/mol. The van der Waals surface area contributed by atoms with Gasteiger partial charge in [0.25, 0.3) is 0 Å². The standard InChI is InChI=1S/C11H20N4/c1-3-8-15(4-2)9-7-13-11-5-6-12-10-14-11/h5-6,10H,3-4,7-9H2,1-2H3,(H,12,13,14). The minimum absolute atomic E-state index is 0.901. The number of hydrogen-bond donors (Lipinski definition) is 1. The molecule has 0 saturated carbocycles. The van der Waals surface area contributed by atoms with Crippen LogP contribution in [0.1, 0.15) is 20.3 Å². The third-order valence-corrected chi connectivity index (χ3v) is 2.30. The Morgan fingerprint density at radius 2 is 2.20 bits per heavy atom. The van der Waals surface area contributed by atoms with E-state index in [-0.39, 0.29) is 0 Å². The topological polar surface area (TPSA) is 41.0 Å². The molecule has 1 heterocycles. The molecule has 0 bridgehead atoms. The Morgan fingerprint density at radius 3 is 2.80 bits per heavy atom. The molecule has 15 heavy (non-hydrogen) atoms. The summed E-state index contributed by atoms with van der Waals surface area (Å²) in [5.41, 5.74) is 0. The van der Waals surface area contributed by atoms with Crippen LogP contribution in [0.5, 0.6) is 0 Å². The molecule has 84 valence electrons. The first-order valence-corrected chi connectivity index (χ1v) is 5.59. The van der Waals surface area contributed by atoms with Crippen molar-refractivity contribution in [2.24, 2.45) is 0 Å². The molecule has 0 aliphatic rings. The lowest BCUT2D eigenvalue weighted by atomic mass is 10.4. The lowest BCUT2D eigenvalue weighted by molar-refractivity contribution is 0.300. The van der Waals surface area contributed by atoms with Gasteiger partial charge in [-0.15, -0.1) is 0 Å². The second-order valence-electron chi connectivity index (χ2n) is 3.46. The molecule has 0 fully saturated rings. The van der Waals surface area contributed by atoms with Gasteiger partial charge in [-0.25, -0.2) is 9.97 Å². The molecule has 0 aromatic carbocycles. The summed E-state index contributed by atoms with van der Waals surface area (Å²) in [7, 11) is 0. The van der Waals surface area contributed by atoms with Crippen LogP contribution in [0.2, 0.25) is 0 Å². The highest BCUT2D eigenvalue weighted by atomic mass is 15.1. The van der Waals surface area contributed by atoms with E-state index in [1.807, 2.05) is 6.07 Å². The van der Waals surface area contributed by atoms with E-state index in [1.54, 1.807) is 12.5 Å². The van der Waals surface area contributed by atoms with Crippen molar-refractivity contribution in [3.63, 3.8) is 0 Å². The van der Waals surface area contributed by atoms with Gasteiger partial charge < -0.3 is 10.2 Å². The molecule has 1 N–H and O–H groups in total. The highest BCUT2D eigenvalue weighted by Crippen LogP contribution is 1.97. The third kappa shape index (κ3) is 4.74. The van der Waals surface area contributed by atoms with Crippen molar-refractivity contribution in [3.8, 4) is 0 Å². The van der Waals surface area contributed by atoms with Gasteiger partial charge in [0.05, 0.1) is 0 Å². The van der Waals surface area contributed by atoms with Crippen LogP contribution in [0.25, 0.3) is 0 Å². The third-order valence-electron chi connectivity index (χ3n) is 2.30. The number of nitrogens with zero attached hydrogens (tertiary/aromatic N) is 3. The number of aromatic nitrogens is 2. The molecule has 1 aromatic rings. The van der Waals surface area contributed by atoms with Crippen LogP contribution in [0, 0.1) is 0 Å². The summed E-state index contributed by atoms with van der Waals surface area (Å²) >= 11 is 0. The van der Waals surface area contributed by atoms with Crippen LogP contribution >= 0.6 is 0 Å². The van der Waals surface area contributed by atoms with Crippen LogP contribution in [0.15, 0.2) is 18.6 Å². The Labute approximate surface area is 91.7 Å². The zero-order valence-corrected chi connectivity index (χ0v) is 9.61. The molecule has 0 unspecified atom stereocenters. The maximum Gasteiger partial charge on any atom is 0.129 e. The van der Waals surface area contributed by atoms with Gasteiger partial charge in [-0.2, -0.15) is 0 Å². The van der Waals surface area contributed by atoms with E-state index >= 15 is 0 Å². The van der Waals surface area contributed by atoms with Crippen LogP contribution in [0.3, 0.4) is 0 Å². The Kier molecular flexibility index (Phi) is 5.70. The monoisotopic (exact) mass is 208 g/mol. The predicted molar refractivity (Wildman–Crippen MR) is 62.9 cm³/mol. The van der Waals surface area contributed by atoms with Crippen molar-refractivity contribution in [2.75, 3.05) is 31.5 Å². The minimum Gasteiger partial charge on any atom is -0.369 e. The van der Waals surface area contributed by atoms with Gasteiger partial charge in [-0.3, -0.25) is 0 Å². The summed E-state index contributed by atoms with van der Waals surface area (Å²) in [6.07, 6.45) is 4.52. The molecule has 4 heteroatoms. The molecule has 0 atom stereocenters. The van der Waals surface area contributed by atoms with Crippen molar-refractivity contribution < 1.29 is 0 Å². The van der Waals surface area contributed by atoms with E-state index in [4.69, 9.17) is 0 Å². The molecular formula is C11H20N4. The van der Waals surface area contributed by atoms with Gasteiger partial charge in [0.15, 0.2) is 0 Å². The van der Waals surface area contributed by atoms with Crippen LogP contribution in [-0.4, -0.2) is 41.0 Å². The maximum atomic E-state index is 4.11. The van der Waals surface area contributed by atoms with E-state index in [0.717, 1.165) is 25.5 Å². The SMILES string of the molecule is CCCN(CC)CCNc1ccncn1. The average Bonchev–Trinajstić information content (AvgIpc) is 2.29. The van der Waals surface area contributed by atoms with Crippen LogP contribution < -0.4 is 5.32 Å². The zero-order chi connectivity index (χ0) is 10.9. The summed E-state index contributed by atoms with van der Waals surface area (Å²) in [5, 5.41) is 3.28. The number of likely N-dealkylation sites (N-methyl/N-ethyl adjacent to an activating group) is 1. The molecule has 0 saturated heterocycles. The van der Waals surface area contributed by atoms with E-state index in [1.165, 1.54) is 13.0 Å². The number of hydrogen-bond acceptors (Lipinski definition) is 4. The normalized spacial score (nSPS) is 10.6. The predicted octanol–water partition coefficient (Wildman–Crippen LogP) is 1.62. The highest BCUT2D eigenvalue weighted by Gasteiger charge is 1.99. The molecule has 4 nitrogen and oxygen atoms in total. The largest absolute Gasteiger partial charge is 0.369 e. The van der Waals surface area contributed by atoms with Gasteiger partial charge >= 0.3 is 0 Å². The summed E-state index contributed by atoms with van der Waals surface area (Å²) in [5.74, 6) is 0.901. The fourth-order valence-corrected chi connectivity index (χ4v) is 1.48. The fourth-order valence-electron chi connectivity index (χ4n) is 1.48. The molecule has 1 aromatic heterocycles. The molecular weight excluding hydrogens is 188 g/mol. The smallest absolute Gasteiger partial charge is 0.129 e. The zero-order valence-electron chi connectivity index (χ0n) is 9.61. The van der Waals surface area contributed by atoms with Crippen molar-refractivity contribution >= 4 is 5.82 Å². The molecule has 0 spiro atoms. The first-order valence-electron chi connectivity index (χ1n) is 5.59. The summed E-state index contributed by atoms with van der Waals surface area (Å²) in [4.78, 5) is 10.4. The van der Waals surface area contributed by atoms with E-state index in [9.17, 15) is 0 Å². The lowest BCUT2D eigenvalue weighted by Gasteiger charge is -2.19. The Morgan fingerprint density at radius 1 is 1.33 bits per heavy atom. The van der Waals surface area contributed by atoms with E-state index in [2.05, 4.69) is 34.0 Å². The van der Waals surface area contributed by atoms with Gasteiger partial charge in [0, 0.05) is 19.3 Å². The summed E-state index contributed by atoms with van der Waals surface area (Å²) in [6.45, 7) is 8.68. The molecule has 0 aliphatic carbocycles. The second-order valence-corrected chi connectivity index (χ2v) is 3.46. The van der Waals surface area contributed by atoms with Gasteiger partial charge in [-0.05, 0) is 25.6 Å². The summed E-state index contributed by atoms with van der Waals surface area (Å²) in [6, 6.07) is 1.89. The summed E-state index contributed by atoms with van der Waals surface area (Å²) < 4.78 is 0. The lowest BCUT2D eigenvalue weighted by Crippen LogP contribution is -2.29. The van der Waals surface area contributed by atoms with Gasteiger partial charge in [-0.1, -0.05) is 13.8 Å². The van der Waals surface area contributed by atoms with Crippen molar-refractivity contribution in [3.05, 3.63) is 18.6 Å². The first-order chi connectivity index (χ1) is 7.36. The fraction of sp³-hybridized carbons (Fsp3) is 0.636. The number of anilines is 1. The number of nitrogens with one attached hydrogen (secondary N) is 1. The maximum absolute atomic E-state index is 4.11. The first kappa shape index (κ1) is 11.9. The van der Waals surface area contributed by atoms with E-state index in [0.29, 0.717) is 0 Å². The molecule has 0 radical (unpaired) electrons. The Bertz CT molecular complexity index is 250. The molecule has 0 amide bonds. The number of rotatable bonds is 7. The molecule has 0 aliphatic heterocycles. The van der Waals surface area contributed by atoms with Crippen LogP contribution in [-0.2, 0) is 0 Å². The highest BCUT2D eigenvalue weighted by molar-refractivity contribution is 5.31. The minimum atomic E-state index is 0.901. The van der Waals surface area contributed by atoms with Crippen LogP contribution in [0.4, 0.5) is 5.82 Å². The van der Waals surface area contributed by atoms with E-state index < -0.39 is 0 Å². The Balaban J connectivity index is 2.20. The van der Waals surface area contributed by atoms with Gasteiger partial charge in [0.2, 0.25) is 0 Å². The molecule has 1 rings (SSSR count). The Hall–Kier alpha value is -1.16. The second kappa shape index (κ2) is 7.17.